The zero-order valence-corrected chi connectivity index (χ0v) is 8.76. The van der Waals surface area contributed by atoms with Crippen molar-refractivity contribution >= 4 is 5.91 Å². The molecule has 0 aromatic rings. The Hall–Kier alpha value is -0.970. The van der Waals surface area contributed by atoms with Crippen molar-refractivity contribution in [2.45, 2.75) is 46.1 Å². The maximum absolute atomic E-state index is 11.5. The van der Waals surface area contributed by atoms with Gasteiger partial charge >= 0.3 is 0 Å². The Bertz CT molecular complexity index is 189. The number of hydrogen-bond acceptors (Lipinski definition) is 1. The van der Waals surface area contributed by atoms with E-state index in [1.807, 2.05) is 20.8 Å². The van der Waals surface area contributed by atoms with E-state index in [1.54, 1.807) is 0 Å². The number of rotatable bonds is 5. The zero-order chi connectivity index (χ0) is 10.3. The Morgan fingerprint density at radius 3 is 2.38 bits per heavy atom. The second-order valence-electron chi connectivity index (χ2n) is 3.33. The van der Waals surface area contributed by atoms with Crippen LogP contribution in [0, 0.1) is 18.3 Å². The van der Waals surface area contributed by atoms with Gasteiger partial charge in [-0.3, -0.25) is 4.79 Å². The molecule has 1 unspecified atom stereocenters. The van der Waals surface area contributed by atoms with Gasteiger partial charge in [-0.2, -0.15) is 0 Å². The molecule has 0 saturated carbocycles. The fourth-order valence-corrected chi connectivity index (χ4v) is 1.25. The van der Waals surface area contributed by atoms with Gasteiger partial charge in [0.1, 0.15) is 0 Å². The third-order valence-electron chi connectivity index (χ3n) is 2.17. The van der Waals surface area contributed by atoms with Gasteiger partial charge in [0, 0.05) is 18.4 Å². The highest BCUT2D eigenvalue weighted by Gasteiger charge is 2.15. The van der Waals surface area contributed by atoms with E-state index >= 15 is 0 Å². The second-order valence-corrected chi connectivity index (χ2v) is 3.33. The molecule has 74 valence electrons. The van der Waals surface area contributed by atoms with Crippen LogP contribution in [0.25, 0.3) is 0 Å². The van der Waals surface area contributed by atoms with Crippen molar-refractivity contribution in [1.29, 1.82) is 0 Å². The Kier molecular flexibility index (Phi) is 6.05. The smallest absolute Gasteiger partial charge is 0.223 e. The fourth-order valence-electron chi connectivity index (χ4n) is 1.25. The zero-order valence-electron chi connectivity index (χ0n) is 8.76. The molecule has 13 heavy (non-hydrogen) atoms. The average Bonchev–Trinajstić information content (AvgIpc) is 2.06. The maximum atomic E-state index is 11.5. The third kappa shape index (κ3) is 4.57. The van der Waals surface area contributed by atoms with Gasteiger partial charge in [0.15, 0.2) is 0 Å². The lowest BCUT2D eigenvalue weighted by molar-refractivity contribution is -0.125. The monoisotopic (exact) mass is 181 g/mol. The van der Waals surface area contributed by atoms with Crippen LogP contribution in [-0.4, -0.2) is 11.9 Å². The summed E-state index contributed by atoms with van der Waals surface area (Å²) in [4.78, 5) is 11.5. The predicted molar refractivity (Wildman–Crippen MR) is 55.1 cm³/mol. The van der Waals surface area contributed by atoms with Gasteiger partial charge in [-0.05, 0) is 19.8 Å². The van der Waals surface area contributed by atoms with Crippen LogP contribution in [0.15, 0.2) is 0 Å². The molecule has 2 heteroatoms. The summed E-state index contributed by atoms with van der Waals surface area (Å²) in [5.74, 6) is 2.80. The summed E-state index contributed by atoms with van der Waals surface area (Å²) in [5.41, 5.74) is 0. The highest BCUT2D eigenvalue weighted by atomic mass is 16.1. The first-order chi connectivity index (χ1) is 6.15. The van der Waals surface area contributed by atoms with Crippen molar-refractivity contribution in [2.75, 3.05) is 0 Å². The molecule has 0 spiro atoms. The third-order valence-corrected chi connectivity index (χ3v) is 2.17. The van der Waals surface area contributed by atoms with Crippen molar-refractivity contribution in [3.8, 4) is 12.3 Å². The van der Waals surface area contributed by atoms with Gasteiger partial charge in [0.2, 0.25) is 5.91 Å². The summed E-state index contributed by atoms with van der Waals surface area (Å²) < 4.78 is 0. The Labute approximate surface area is 81.1 Å². The van der Waals surface area contributed by atoms with Gasteiger partial charge in [0.05, 0.1) is 0 Å². The van der Waals surface area contributed by atoms with Crippen LogP contribution in [0.2, 0.25) is 0 Å². The molecule has 2 nitrogen and oxygen atoms in total. The molecule has 0 rings (SSSR count). The van der Waals surface area contributed by atoms with Crippen LogP contribution >= 0.6 is 0 Å². The summed E-state index contributed by atoms with van der Waals surface area (Å²) >= 11 is 0. The van der Waals surface area contributed by atoms with Crippen LogP contribution in [0.1, 0.15) is 40.0 Å². The summed E-state index contributed by atoms with van der Waals surface area (Å²) in [6, 6.07) is 0.0955. The van der Waals surface area contributed by atoms with Gasteiger partial charge in [0.25, 0.3) is 0 Å². The number of terminal acetylenes is 1. The topological polar surface area (TPSA) is 29.1 Å². The molecule has 0 aromatic carbocycles. The molecule has 1 amide bonds. The molecule has 0 saturated heterocycles. The molecule has 0 fully saturated rings. The lowest BCUT2D eigenvalue weighted by Gasteiger charge is -2.16. The minimum atomic E-state index is 0.0955. The first kappa shape index (κ1) is 12.0. The minimum Gasteiger partial charge on any atom is -0.352 e. The van der Waals surface area contributed by atoms with Crippen LogP contribution in [-0.2, 0) is 4.79 Å². The molecule has 0 radical (unpaired) electrons. The number of nitrogens with one attached hydrogen (secondary N) is 1. The van der Waals surface area contributed by atoms with E-state index in [-0.39, 0.29) is 17.9 Å². The molecule has 0 aliphatic rings. The SMILES string of the molecule is C#CCC(C)NC(=O)C(CC)CC. The van der Waals surface area contributed by atoms with Crippen molar-refractivity contribution in [3.63, 3.8) is 0 Å². The fraction of sp³-hybridized carbons (Fsp3) is 0.727. The first-order valence-electron chi connectivity index (χ1n) is 4.89. The molecular weight excluding hydrogens is 162 g/mol. The first-order valence-corrected chi connectivity index (χ1v) is 4.89. The molecule has 0 aromatic heterocycles. The number of carbonyl (C=O) groups excluding carboxylic acids is 1. The lowest BCUT2D eigenvalue weighted by atomic mass is 10.0. The van der Waals surface area contributed by atoms with E-state index in [2.05, 4.69) is 11.2 Å². The highest BCUT2D eigenvalue weighted by molar-refractivity contribution is 5.78. The van der Waals surface area contributed by atoms with E-state index in [1.165, 1.54) is 0 Å². The van der Waals surface area contributed by atoms with Gasteiger partial charge in [-0.25, -0.2) is 0 Å². The van der Waals surface area contributed by atoms with Gasteiger partial charge in [-0.15, -0.1) is 12.3 Å². The van der Waals surface area contributed by atoms with Gasteiger partial charge < -0.3 is 5.32 Å². The second kappa shape index (κ2) is 6.54. The Morgan fingerprint density at radius 1 is 1.46 bits per heavy atom. The van der Waals surface area contributed by atoms with Crippen LogP contribution in [0.3, 0.4) is 0 Å². The number of amides is 1. The molecule has 1 N–H and O–H groups in total. The minimum absolute atomic E-state index is 0.0955. The quantitative estimate of drug-likeness (QED) is 0.645. The summed E-state index contributed by atoms with van der Waals surface area (Å²) in [6.07, 6.45) is 7.54. The normalized spacial score (nSPS) is 12.2. The average molecular weight is 181 g/mol. The van der Waals surface area contributed by atoms with Gasteiger partial charge in [-0.1, -0.05) is 13.8 Å². The molecule has 0 heterocycles. The van der Waals surface area contributed by atoms with Crippen molar-refractivity contribution in [2.24, 2.45) is 5.92 Å². The Balaban J connectivity index is 3.91. The van der Waals surface area contributed by atoms with E-state index in [0.717, 1.165) is 12.8 Å². The van der Waals surface area contributed by atoms with Crippen LogP contribution in [0.4, 0.5) is 0 Å². The highest BCUT2D eigenvalue weighted by Crippen LogP contribution is 2.07. The van der Waals surface area contributed by atoms with Crippen LogP contribution in [0.5, 0.6) is 0 Å². The van der Waals surface area contributed by atoms with E-state index < -0.39 is 0 Å². The van der Waals surface area contributed by atoms with E-state index in [9.17, 15) is 4.79 Å². The van der Waals surface area contributed by atoms with E-state index in [4.69, 9.17) is 6.42 Å². The van der Waals surface area contributed by atoms with E-state index in [0.29, 0.717) is 6.42 Å². The summed E-state index contributed by atoms with van der Waals surface area (Å²) in [6.45, 7) is 5.99. The molecule has 0 bridgehead atoms. The largest absolute Gasteiger partial charge is 0.352 e. The Morgan fingerprint density at radius 2 is 2.00 bits per heavy atom. The molecule has 1 atom stereocenters. The summed E-state index contributed by atoms with van der Waals surface area (Å²) in [5, 5.41) is 2.90. The molecule has 0 aliphatic heterocycles. The van der Waals surface area contributed by atoms with Crippen LogP contribution < -0.4 is 5.32 Å². The number of carbonyl (C=O) groups is 1. The molecule has 0 aliphatic carbocycles. The van der Waals surface area contributed by atoms with Crippen molar-refractivity contribution < 1.29 is 4.79 Å². The van der Waals surface area contributed by atoms with Crippen molar-refractivity contribution in [1.82, 2.24) is 5.32 Å². The lowest BCUT2D eigenvalue weighted by Crippen LogP contribution is -2.36. The summed E-state index contributed by atoms with van der Waals surface area (Å²) in [7, 11) is 0. The number of hydrogen-bond donors (Lipinski definition) is 1. The molecular formula is C11H19NO. The van der Waals surface area contributed by atoms with Crippen molar-refractivity contribution in [3.05, 3.63) is 0 Å². The maximum Gasteiger partial charge on any atom is 0.223 e. The predicted octanol–water partition coefficient (Wildman–Crippen LogP) is 1.95. The standard InChI is InChI=1S/C11H19NO/c1-5-8-9(4)12-11(13)10(6-2)7-3/h1,9-10H,6-8H2,2-4H3,(H,12,13).